The summed E-state index contributed by atoms with van der Waals surface area (Å²) >= 11 is 0. The van der Waals surface area contributed by atoms with Gasteiger partial charge in [-0.3, -0.25) is 0 Å². The first-order chi connectivity index (χ1) is 5.14. The molecule has 0 aromatic heterocycles. The molecule has 0 radical (unpaired) electrons. The molecular weight excluding hydrogens is 176 g/mol. The second kappa shape index (κ2) is 2.68. The van der Waals surface area contributed by atoms with E-state index in [-0.39, 0.29) is 0 Å². The summed E-state index contributed by atoms with van der Waals surface area (Å²) in [4.78, 5) is 19.5. The van der Waals surface area contributed by atoms with Crippen LogP contribution in [0, 0.1) is 0 Å². The Labute approximate surface area is 64.9 Å². The SMILES string of the molecule is O=C([O-])C(O)(O)C(O)(O)C(=O)[O-]. The van der Waals surface area contributed by atoms with Crippen LogP contribution in [0.2, 0.25) is 0 Å². The molecule has 0 saturated carbocycles. The lowest BCUT2D eigenvalue weighted by Crippen LogP contribution is -2.70. The van der Waals surface area contributed by atoms with Crippen LogP contribution in [0.15, 0.2) is 0 Å². The summed E-state index contributed by atoms with van der Waals surface area (Å²) in [5.74, 6) is -14.2. The summed E-state index contributed by atoms with van der Waals surface area (Å²) in [6, 6.07) is 0. The zero-order valence-electron chi connectivity index (χ0n) is 5.42. The number of carbonyl (C=O) groups is 2. The Bertz CT molecular complexity index is 191. The van der Waals surface area contributed by atoms with E-state index >= 15 is 0 Å². The van der Waals surface area contributed by atoms with E-state index in [4.69, 9.17) is 20.4 Å². The van der Waals surface area contributed by atoms with Crippen LogP contribution >= 0.6 is 0 Å². The smallest absolute Gasteiger partial charge is 0.266 e. The van der Waals surface area contributed by atoms with E-state index in [1.807, 2.05) is 0 Å². The zero-order chi connectivity index (χ0) is 10.2. The van der Waals surface area contributed by atoms with Crippen molar-refractivity contribution in [1.29, 1.82) is 0 Å². The minimum absolute atomic E-state index is 2.78. The molecule has 0 aliphatic rings. The number of carboxylic acids is 2. The molecule has 0 spiro atoms. The summed E-state index contributed by atoms with van der Waals surface area (Å²) in [5.41, 5.74) is 0. The van der Waals surface area contributed by atoms with Gasteiger partial charge in [-0.1, -0.05) is 0 Å². The van der Waals surface area contributed by atoms with Crippen LogP contribution < -0.4 is 10.2 Å². The molecule has 0 rings (SSSR count). The Balaban J connectivity index is 5.01. The first kappa shape index (κ1) is 10.8. The highest BCUT2D eigenvalue weighted by atomic mass is 16.6. The summed E-state index contributed by atoms with van der Waals surface area (Å²) in [6.07, 6.45) is 0. The number of aliphatic carboxylic acids is 2. The summed E-state index contributed by atoms with van der Waals surface area (Å²) in [5, 5.41) is 52.6. The van der Waals surface area contributed by atoms with Crippen molar-refractivity contribution in [2.24, 2.45) is 0 Å². The van der Waals surface area contributed by atoms with Gasteiger partial charge in [0, 0.05) is 0 Å². The lowest BCUT2D eigenvalue weighted by Gasteiger charge is -2.35. The Morgan fingerprint density at radius 1 is 0.833 bits per heavy atom. The third-order valence-electron chi connectivity index (χ3n) is 1.06. The maximum absolute atomic E-state index is 9.75. The van der Waals surface area contributed by atoms with E-state index in [2.05, 4.69) is 0 Å². The van der Waals surface area contributed by atoms with Gasteiger partial charge in [0.1, 0.15) is 11.9 Å². The normalized spacial score (nSPS) is 12.7. The molecule has 0 unspecified atom stereocenters. The van der Waals surface area contributed by atoms with Crippen molar-refractivity contribution in [3.63, 3.8) is 0 Å². The standard InChI is InChI=1S/C4H6O8/c5-1(6)3(9,10)4(11,12)2(7)8/h9-12H,(H,5,6)(H,7,8)/p-2. The van der Waals surface area contributed by atoms with Crippen molar-refractivity contribution in [2.75, 3.05) is 0 Å². The molecule has 0 saturated heterocycles. The summed E-state index contributed by atoms with van der Waals surface area (Å²) < 4.78 is 0. The van der Waals surface area contributed by atoms with E-state index in [0.29, 0.717) is 0 Å². The molecular formula is C4H4O8-2. The fourth-order valence-corrected chi connectivity index (χ4v) is 0.285. The van der Waals surface area contributed by atoms with Gasteiger partial charge >= 0.3 is 0 Å². The Hall–Kier alpha value is -1.22. The molecule has 0 aromatic rings. The third kappa shape index (κ3) is 1.36. The van der Waals surface area contributed by atoms with Gasteiger partial charge in [-0.2, -0.15) is 0 Å². The molecule has 0 bridgehead atoms. The van der Waals surface area contributed by atoms with Gasteiger partial charge < -0.3 is 40.2 Å². The van der Waals surface area contributed by atoms with Gasteiger partial charge in [-0.25, -0.2) is 0 Å². The first-order valence-electron chi connectivity index (χ1n) is 2.46. The van der Waals surface area contributed by atoms with Gasteiger partial charge in [0.15, 0.2) is 0 Å². The van der Waals surface area contributed by atoms with E-state index in [1.165, 1.54) is 0 Å². The van der Waals surface area contributed by atoms with Crippen LogP contribution in [0.4, 0.5) is 0 Å². The second-order valence-corrected chi connectivity index (χ2v) is 1.92. The number of aliphatic hydroxyl groups is 4. The third-order valence-corrected chi connectivity index (χ3v) is 1.06. The van der Waals surface area contributed by atoms with Gasteiger partial charge in [0.25, 0.3) is 11.6 Å². The molecule has 8 heteroatoms. The first-order valence-corrected chi connectivity index (χ1v) is 2.46. The molecule has 70 valence electrons. The Kier molecular flexibility index (Phi) is 2.41. The minimum atomic E-state index is -4.33. The Morgan fingerprint density at radius 3 is 1.08 bits per heavy atom. The highest BCUT2D eigenvalue weighted by Gasteiger charge is 2.50. The topological polar surface area (TPSA) is 161 Å². The molecule has 12 heavy (non-hydrogen) atoms. The zero-order valence-corrected chi connectivity index (χ0v) is 5.42. The Morgan fingerprint density at radius 2 is 1.00 bits per heavy atom. The maximum atomic E-state index is 9.75. The predicted octanol–water partition coefficient (Wildman–Crippen LogP) is -6.15. The number of rotatable bonds is 3. The average molecular weight is 180 g/mol. The number of hydrogen-bond donors (Lipinski definition) is 4. The molecule has 0 aromatic carbocycles. The van der Waals surface area contributed by atoms with E-state index in [0.717, 1.165) is 0 Å². The van der Waals surface area contributed by atoms with Gasteiger partial charge in [0.2, 0.25) is 0 Å². The highest BCUT2D eigenvalue weighted by molar-refractivity contribution is 5.85. The minimum Gasteiger partial charge on any atom is -0.544 e. The lowest BCUT2D eigenvalue weighted by atomic mass is 10.1. The molecule has 0 aliphatic carbocycles. The van der Waals surface area contributed by atoms with E-state index in [9.17, 15) is 19.8 Å². The van der Waals surface area contributed by atoms with Crippen molar-refractivity contribution in [3.8, 4) is 0 Å². The predicted molar refractivity (Wildman–Crippen MR) is 24.4 cm³/mol. The van der Waals surface area contributed by atoms with Crippen molar-refractivity contribution in [3.05, 3.63) is 0 Å². The van der Waals surface area contributed by atoms with E-state index < -0.39 is 23.5 Å². The molecule has 0 aliphatic heterocycles. The maximum Gasteiger partial charge on any atom is 0.266 e. The largest absolute Gasteiger partial charge is 0.544 e. The molecule has 4 N–H and O–H groups in total. The fraction of sp³-hybridized carbons (Fsp3) is 0.500. The van der Waals surface area contributed by atoms with Crippen LogP contribution in [-0.4, -0.2) is 43.9 Å². The van der Waals surface area contributed by atoms with E-state index in [1.54, 1.807) is 0 Å². The van der Waals surface area contributed by atoms with Crippen LogP contribution in [0.5, 0.6) is 0 Å². The van der Waals surface area contributed by atoms with Crippen LogP contribution in [0.1, 0.15) is 0 Å². The molecule has 8 nitrogen and oxygen atoms in total. The van der Waals surface area contributed by atoms with Gasteiger partial charge in [0.05, 0.1) is 0 Å². The molecule has 0 amide bonds. The summed E-state index contributed by atoms with van der Waals surface area (Å²) in [6.45, 7) is 0. The van der Waals surface area contributed by atoms with Gasteiger partial charge in [-0.05, 0) is 0 Å². The van der Waals surface area contributed by atoms with Crippen molar-refractivity contribution < 1.29 is 40.2 Å². The number of carbonyl (C=O) groups excluding carboxylic acids is 2. The number of carboxylic acid groups (broad SMARTS) is 2. The van der Waals surface area contributed by atoms with Gasteiger partial charge in [-0.15, -0.1) is 0 Å². The van der Waals surface area contributed by atoms with Crippen molar-refractivity contribution in [1.82, 2.24) is 0 Å². The van der Waals surface area contributed by atoms with Crippen LogP contribution in [0.25, 0.3) is 0 Å². The quantitative estimate of drug-likeness (QED) is 0.312. The molecule has 0 heterocycles. The highest BCUT2D eigenvalue weighted by Crippen LogP contribution is 2.15. The van der Waals surface area contributed by atoms with Crippen molar-refractivity contribution >= 4 is 11.9 Å². The molecule has 0 atom stereocenters. The fourth-order valence-electron chi connectivity index (χ4n) is 0.285. The second-order valence-electron chi connectivity index (χ2n) is 1.92. The average Bonchev–Trinajstić information content (AvgIpc) is 1.86. The van der Waals surface area contributed by atoms with Crippen LogP contribution in [0.3, 0.4) is 0 Å². The monoisotopic (exact) mass is 180 g/mol. The van der Waals surface area contributed by atoms with Crippen molar-refractivity contribution in [2.45, 2.75) is 11.6 Å². The molecule has 0 fully saturated rings. The summed E-state index contributed by atoms with van der Waals surface area (Å²) in [7, 11) is 0. The lowest BCUT2D eigenvalue weighted by molar-refractivity contribution is -0.419. The number of hydrogen-bond acceptors (Lipinski definition) is 8. The van der Waals surface area contributed by atoms with Crippen LogP contribution in [-0.2, 0) is 9.59 Å².